The first-order chi connectivity index (χ1) is 10.2. The van der Waals surface area contributed by atoms with Crippen LogP contribution < -0.4 is 5.73 Å². The zero-order valence-electron chi connectivity index (χ0n) is 12.6. The smallest absolute Gasteiger partial charge is 0.128 e. The van der Waals surface area contributed by atoms with Gasteiger partial charge < -0.3 is 5.73 Å². The average molecular weight is 287 g/mol. The van der Waals surface area contributed by atoms with E-state index in [1.807, 2.05) is 31.2 Å². The highest BCUT2D eigenvalue weighted by Gasteiger charge is 2.21. The van der Waals surface area contributed by atoms with Crippen molar-refractivity contribution in [1.82, 2.24) is 9.88 Å². The topological polar surface area (TPSA) is 42.2 Å². The number of aryl methyl sites for hydroxylation is 1. The van der Waals surface area contributed by atoms with Crippen LogP contribution in [0.2, 0.25) is 0 Å². The van der Waals surface area contributed by atoms with E-state index in [1.165, 1.54) is 6.07 Å². The Morgan fingerprint density at radius 1 is 1.19 bits per heavy atom. The van der Waals surface area contributed by atoms with E-state index in [1.54, 1.807) is 12.1 Å². The van der Waals surface area contributed by atoms with Crippen molar-refractivity contribution in [2.45, 2.75) is 26.4 Å². The standard InChI is InChI=1S/C17H22FN3/c1-3-21(12-14-8-6-7-13(2)20-14)17(11-19)15-9-4-5-10-16(15)18/h4-10,17H,3,11-12,19H2,1-2H3. The molecule has 0 aliphatic heterocycles. The van der Waals surface area contributed by atoms with Crippen molar-refractivity contribution in [2.75, 3.05) is 13.1 Å². The van der Waals surface area contributed by atoms with Gasteiger partial charge in [-0.3, -0.25) is 9.88 Å². The second kappa shape index (κ2) is 7.29. The fourth-order valence-electron chi connectivity index (χ4n) is 2.56. The molecule has 0 fully saturated rings. The number of hydrogen-bond acceptors (Lipinski definition) is 3. The number of benzene rings is 1. The number of likely N-dealkylation sites (N-methyl/N-ethyl adjacent to an activating group) is 1. The highest BCUT2D eigenvalue weighted by molar-refractivity contribution is 5.22. The van der Waals surface area contributed by atoms with Gasteiger partial charge in [-0.2, -0.15) is 0 Å². The molecule has 1 heterocycles. The molecule has 3 nitrogen and oxygen atoms in total. The summed E-state index contributed by atoms with van der Waals surface area (Å²) in [5.41, 5.74) is 8.52. The molecule has 0 radical (unpaired) electrons. The molecule has 0 saturated heterocycles. The summed E-state index contributed by atoms with van der Waals surface area (Å²) in [6.07, 6.45) is 0. The monoisotopic (exact) mass is 287 g/mol. The van der Waals surface area contributed by atoms with Gasteiger partial charge >= 0.3 is 0 Å². The fraction of sp³-hybridized carbons (Fsp3) is 0.353. The first-order valence-corrected chi connectivity index (χ1v) is 7.26. The van der Waals surface area contributed by atoms with Gasteiger partial charge in [0.15, 0.2) is 0 Å². The first kappa shape index (κ1) is 15.6. The Morgan fingerprint density at radius 2 is 1.95 bits per heavy atom. The minimum absolute atomic E-state index is 0.140. The minimum Gasteiger partial charge on any atom is -0.329 e. The first-order valence-electron chi connectivity index (χ1n) is 7.26. The molecule has 0 saturated carbocycles. The molecule has 2 rings (SSSR count). The van der Waals surface area contributed by atoms with E-state index in [2.05, 4.69) is 16.8 Å². The predicted octanol–water partition coefficient (Wildman–Crippen LogP) is 3.05. The van der Waals surface area contributed by atoms with Crippen molar-refractivity contribution >= 4 is 0 Å². The molecule has 0 amide bonds. The van der Waals surface area contributed by atoms with Gasteiger partial charge in [-0.1, -0.05) is 31.2 Å². The highest BCUT2D eigenvalue weighted by atomic mass is 19.1. The number of rotatable bonds is 6. The number of hydrogen-bond donors (Lipinski definition) is 1. The molecule has 1 atom stereocenters. The van der Waals surface area contributed by atoms with Crippen LogP contribution in [0.3, 0.4) is 0 Å². The lowest BCUT2D eigenvalue weighted by molar-refractivity contribution is 0.197. The molecule has 2 aromatic rings. The van der Waals surface area contributed by atoms with E-state index >= 15 is 0 Å². The third-order valence-corrected chi connectivity index (χ3v) is 3.65. The lowest BCUT2D eigenvalue weighted by Crippen LogP contribution is -2.34. The van der Waals surface area contributed by atoms with Crippen molar-refractivity contribution in [3.05, 3.63) is 65.2 Å². The molecule has 4 heteroatoms. The minimum atomic E-state index is -0.205. The van der Waals surface area contributed by atoms with Crippen molar-refractivity contribution in [3.63, 3.8) is 0 Å². The third kappa shape index (κ3) is 3.86. The summed E-state index contributed by atoms with van der Waals surface area (Å²) < 4.78 is 14.0. The Labute approximate surface area is 125 Å². The number of nitrogens with two attached hydrogens (primary N) is 1. The third-order valence-electron chi connectivity index (χ3n) is 3.65. The number of halogens is 1. The van der Waals surface area contributed by atoms with E-state index in [0.29, 0.717) is 18.7 Å². The lowest BCUT2D eigenvalue weighted by Gasteiger charge is -2.30. The lowest BCUT2D eigenvalue weighted by atomic mass is 10.0. The summed E-state index contributed by atoms with van der Waals surface area (Å²) >= 11 is 0. The van der Waals surface area contributed by atoms with E-state index in [0.717, 1.165) is 17.9 Å². The van der Waals surface area contributed by atoms with Gasteiger partial charge in [0.2, 0.25) is 0 Å². The van der Waals surface area contributed by atoms with Gasteiger partial charge in [0.05, 0.1) is 11.7 Å². The molecule has 1 aromatic heterocycles. The average Bonchev–Trinajstić information content (AvgIpc) is 2.48. The molecule has 21 heavy (non-hydrogen) atoms. The predicted molar refractivity (Wildman–Crippen MR) is 83.3 cm³/mol. The fourth-order valence-corrected chi connectivity index (χ4v) is 2.56. The zero-order valence-corrected chi connectivity index (χ0v) is 12.6. The quantitative estimate of drug-likeness (QED) is 0.888. The molecule has 0 aliphatic rings. The van der Waals surface area contributed by atoms with Gasteiger partial charge in [-0.05, 0) is 31.7 Å². The van der Waals surface area contributed by atoms with Crippen LogP contribution in [0.15, 0.2) is 42.5 Å². The SMILES string of the molecule is CCN(Cc1cccc(C)n1)C(CN)c1ccccc1F. The van der Waals surface area contributed by atoms with E-state index in [9.17, 15) is 4.39 Å². The molecule has 1 aromatic carbocycles. The molecule has 0 spiro atoms. The summed E-state index contributed by atoms with van der Waals surface area (Å²) in [6, 6.07) is 12.6. The molecule has 0 aliphatic carbocycles. The van der Waals surface area contributed by atoms with E-state index in [-0.39, 0.29) is 11.9 Å². The molecular formula is C17H22FN3. The van der Waals surface area contributed by atoms with Crippen LogP contribution in [0.25, 0.3) is 0 Å². The molecule has 112 valence electrons. The van der Waals surface area contributed by atoms with Crippen LogP contribution in [0.5, 0.6) is 0 Å². The number of aromatic nitrogens is 1. The van der Waals surface area contributed by atoms with E-state index < -0.39 is 0 Å². The second-order valence-corrected chi connectivity index (χ2v) is 5.11. The molecular weight excluding hydrogens is 265 g/mol. The Bertz CT molecular complexity index is 586. The highest BCUT2D eigenvalue weighted by Crippen LogP contribution is 2.23. The molecule has 2 N–H and O–H groups in total. The van der Waals surface area contributed by atoms with Crippen molar-refractivity contribution in [1.29, 1.82) is 0 Å². The normalized spacial score (nSPS) is 12.6. The summed E-state index contributed by atoms with van der Waals surface area (Å²) in [5, 5.41) is 0. The maximum absolute atomic E-state index is 14.0. The van der Waals surface area contributed by atoms with Crippen LogP contribution in [0.4, 0.5) is 4.39 Å². The maximum Gasteiger partial charge on any atom is 0.128 e. The summed E-state index contributed by atoms with van der Waals surface area (Å²) in [7, 11) is 0. The Morgan fingerprint density at radius 3 is 2.57 bits per heavy atom. The number of nitrogens with zero attached hydrogens (tertiary/aromatic N) is 2. The van der Waals surface area contributed by atoms with Crippen LogP contribution in [-0.4, -0.2) is 23.0 Å². The van der Waals surface area contributed by atoms with Crippen LogP contribution >= 0.6 is 0 Å². The Kier molecular flexibility index (Phi) is 5.42. The maximum atomic E-state index is 14.0. The van der Waals surface area contributed by atoms with Crippen LogP contribution in [0, 0.1) is 12.7 Å². The van der Waals surface area contributed by atoms with Gasteiger partial charge in [-0.15, -0.1) is 0 Å². The summed E-state index contributed by atoms with van der Waals surface area (Å²) in [6.45, 7) is 5.84. The molecule has 1 unspecified atom stereocenters. The largest absolute Gasteiger partial charge is 0.329 e. The summed E-state index contributed by atoms with van der Waals surface area (Å²) in [4.78, 5) is 6.67. The van der Waals surface area contributed by atoms with E-state index in [4.69, 9.17) is 5.73 Å². The zero-order chi connectivity index (χ0) is 15.2. The van der Waals surface area contributed by atoms with Crippen molar-refractivity contribution < 1.29 is 4.39 Å². The Hall–Kier alpha value is -1.78. The van der Waals surface area contributed by atoms with Crippen LogP contribution in [-0.2, 0) is 6.54 Å². The van der Waals surface area contributed by atoms with Crippen LogP contribution in [0.1, 0.15) is 29.9 Å². The summed E-state index contributed by atoms with van der Waals surface area (Å²) in [5.74, 6) is -0.205. The Balaban J connectivity index is 2.24. The van der Waals surface area contributed by atoms with Gasteiger partial charge in [-0.25, -0.2) is 4.39 Å². The van der Waals surface area contributed by atoms with Gasteiger partial charge in [0.25, 0.3) is 0 Å². The van der Waals surface area contributed by atoms with Crippen molar-refractivity contribution in [2.24, 2.45) is 5.73 Å². The molecule has 0 bridgehead atoms. The van der Waals surface area contributed by atoms with Gasteiger partial charge in [0.1, 0.15) is 5.82 Å². The second-order valence-electron chi connectivity index (χ2n) is 5.11. The van der Waals surface area contributed by atoms with Gasteiger partial charge in [0, 0.05) is 24.3 Å². The number of pyridine rings is 1. The van der Waals surface area contributed by atoms with Crippen molar-refractivity contribution in [3.8, 4) is 0 Å².